The Morgan fingerprint density at radius 2 is 1.92 bits per heavy atom. The molecule has 4 nitrogen and oxygen atoms in total. The highest BCUT2D eigenvalue weighted by atomic mass is 35.5. The summed E-state index contributed by atoms with van der Waals surface area (Å²) in [5.74, 6) is -0.865. The summed E-state index contributed by atoms with van der Waals surface area (Å²) in [7, 11) is 0. The Kier molecular flexibility index (Phi) is 6.32. The van der Waals surface area contributed by atoms with Crippen LogP contribution in [-0.4, -0.2) is 24.3 Å². The first-order valence-corrected chi connectivity index (χ1v) is 7.75. The van der Waals surface area contributed by atoms with Crippen molar-refractivity contribution >= 4 is 23.3 Å². The van der Waals surface area contributed by atoms with E-state index in [1.807, 2.05) is 30.3 Å². The van der Waals surface area contributed by atoms with E-state index in [2.05, 4.69) is 5.32 Å². The van der Waals surface area contributed by atoms with Crippen molar-refractivity contribution in [2.24, 2.45) is 0 Å². The average molecular weight is 350 g/mol. The van der Waals surface area contributed by atoms with Crippen LogP contribution in [0.5, 0.6) is 5.75 Å². The van der Waals surface area contributed by atoms with Crippen molar-refractivity contribution in [1.29, 1.82) is 0 Å². The number of nitrogens with one attached hydrogen (secondary N) is 1. The molecular formula is C18H17ClFNO3. The lowest BCUT2D eigenvalue weighted by molar-refractivity contribution is -0.128. The second-order valence-electron chi connectivity index (χ2n) is 5.29. The van der Waals surface area contributed by atoms with E-state index in [0.717, 1.165) is 11.6 Å². The van der Waals surface area contributed by atoms with Gasteiger partial charge in [0.05, 0.1) is 11.1 Å². The largest absolute Gasteiger partial charge is 0.484 e. The molecule has 0 aliphatic heterocycles. The molecular weight excluding hydrogens is 333 g/mol. The molecule has 2 aromatic carbocycles. The average Bonchev–Trinajstić information content (AvgIpc) is 2.56. The lowest BCUT2D eigenvalue weighted by Crippen LogP contribution is -2.43. The Labute approximate surface area is 144 Å². The second-order valence-corrected chi connectivity index (χ2v) is 5.69. The van der Waals surface area contributed by atoms with Crippen molar-refractivity contribution < 1.29 is 18.7 Å². The molecule has 2 aromatic rings. The fourth-order valence-corrected chi connectivity index (χ4v) is 2.27. The van der Waals surface area contributed by atoms with E-state index in [0.29, 0.717) is 6.42 Å². The first-order chi connectivity index (χ1) is 11.5. The van der Waals surface area contributed by atoms with Crippen molar-refractivity contribution in [2.75, 3.05) is 6.61 Å². The molecule has 0 spiro atoms. The number of hydrogen-bond acceptors (Lipinski definition) is 3. The molecule has 0 fully saturated rings. The van der Waals surface area contributed by atoms with Gasteiger partial charge in [0.15, 0.2) is 12.4 Å². The van der Waals surface area contributed by atoms with Crippen LogP contribution in [0.3, 0.4) is 0 Å². The van der Waals surface area contributed by atoms with Crippen LogP contribution in [0.15, 0.2) is 48.5 Å². The minimum Gasteiger partial charge on any atom is -0.484 e. The van der Waals surface area contributed by atoms with Gasteiger partial charge in [0.25, 0.3) is 5.91 Å². The topological polar surface area (TPSA) is 55.4 Å². The molecule has 0 bridgehead atoms. The number of ketones is 1. The maximum Gasteiger partial charge on any atom is 0.258 e. The third-order valence-electron chi connectivity index (χ3n) is 3.37. The van der Waals surface area contributed by atoms with Crippen LogP contribution in [0.25, 0.3) is 0 Å². The van der Waals surface area contributed by atoms with E-state index < -0.39 is 17.8 Å². The molecule has 0 radical (unpaired) electrons. The zero-order chi connectivity index (χ0) is 17.5. The Balaban J connectivity index is 1.90. The lowest BCUT2D eigenvalue weighted by Gasteiger charge is -2.16. The van der Waals surface area contributed by atoms with Crippen LogP contribution in [0, 0.1) is 5.82 Å². The normalized spacial score (nSPS) is 11.6. The molecule has 0 aliphatic carbocycles. The molecule has 24 heavy (non-hydrogen) atoms. The van der Waals surface area contributed by atoms with Crippen LogP contribution in [0.4, 0.5) is 4.39 Å². The van der Waals surface area contributed by atoms with Crippen molar-refractivity contribution in [3.63, 3.8) is 0 Å². The van der Waals surface area contributed by atoms with Crippen molar-refractivity contribution in [3.05, 3.63) is 64.9 Å². The number of rotatable bonds is 7. The maximum atomic E-state index is 13.1. The minimum absolute atomic E-state index is 0.0846. The Hall–Kier alpha value is -2.40. The molecule has 6 heteroatoms. The van der Waals surface area contributed by atoms with Crippen LogP contribution >= 0.6 is 11.6 Å². The SMILES string of the molecule is CC(=O)[C@@H](Cc1ccccc1)NC(=O)COc1ccc(F)c(Cl)c1. The zero-order valence-corrected chi connectivity index (χ0v) is 13.8. The fraction of sp³-hybridized carbons (Fsp3) is 0.222. The number of halogens is 2. The molecule has 0 heterocycles. The molecule has 1 atom stereocenters. The predicted octanol–water partition coefficient (Wildman–Crippen LogP) is 3.17. The first-order valence-electron chi connectivity index (χ1n) is 7.37. The molecule has 0 saturated heterocycles. The van der Waals surface area contributed by atoms with E-state index in [1.165, 1.54) is 19.1 Å². The summed E-state index contributed by atoms with van der Waals surface area (Å²) in [5, 5.41) is 2.56. The number of carbonyl (C=O) groups is 2. The first kappa shape index (κ1) is 17.9. The predicted molar refractivity (Wildman–Crippen MR) is 89.7 cm³/mol. The fourth-order valence-electron chi connectivity index (χ4n) is 2.10. The molecule has 126 valence electrons. The number of carbonyl (C=O) groups excluding carboxylic acids is 2. The summed E-state index contributed by atoms with van der Waals surface area (Å²) >= 11 is 5.65. The van der Waals surface area contributed by atoms with Crippen LogP contribution in [-0.2, 0) is 16.0 Å². The van der Waals surface area contributed by atoms with Crippen LogP contribution in [0.2, 0.25) is 5.02 Å². The second kappa shape index (κ2) is 8.45. The minimum atomic E-state index is -0.625. The zero-order valence-electron chi connectivity index (χ0n) is 13.1. The third kappa shape index (κ3) is 5.35. The van der Waals surface area contributed by atoms with Gasteiger partial charge in [0.2, 0.25) is 0 Å². The smallest absolute Gasteiger partial charge is 0.258 e. The standard InChI is InChI=1S/C18H17ClFNO3/c1-12(22)17(9-13-5-3-2-4-6-13)21-18(23)11-24-14-7-8-16(20)15(19)10-14/h2-8,10,17H,9,11H2,1H3,(H,21,23)/t17-/m1/s1. The summed E-state index contributed by atoms with van der Waals surface area (Å²) in [6.45, 7) is 1.13. The van der Waals surface area contributed by atoms with E-state index >= 15 is 0 Å². The van der Waals surface area contributed by atoms with Gasteiger partial charge >= 0.3 is 0 Å². The highest BCUT2D eigenvalue weighted by Gasteiger charge is 2.18. The molecule has 0 aliphatic rings. The van der Waals surface area contributed by atoms with Gasteiger partial charge < -0.3 is 10.1 Å². The van der Waals surface area contributed by atoms with Gasteiger partial charge in [-0.15, -0.1) is 0 Å². The number of Topliss-reactive ketones (excluding diaryl/α,β-unsaturated/α-hetero) is 1. The third-order valence-corrected chi connectivity index (χ3v) is 3.66. The number of amides is 1. The Morgan fingerprint density at radius 1 is 1.21 bits per heavy atom. The van der Waals surface area contributed by atoms with Gasteiger partial charge in [-0.2, -0.15) is 0 Å². The summed E-state index contributed by atoms with van der Waals surface area (Å²) < 4.78 is 18.3. The van der Waals surface area contributed by atoms with Gasteiger partial charge in [0, 0.05) is 6.07 Å². The van der Waals surface area contributed by atoms with Crippen molar-refractivity contribution in [1.82, 2.24) is 5.32 Å². The van der Waals surface area contributed by atoms with E-state index in [4.69, 9.17) is 16.3 Å². The Bertz CT molecular complexity index is 721. The van der Waals surface area contributed by atoms with Crippen LogP contribution < -0.4 is 10.1 Å². The van der Waals surface area contributed by atoms with Gasteiger partial charge in [0.1, 0.15) is 11.6 Å². The molecule has 0 saturated carbocycles. The molecule has 1 amide bonds. The number of benzene rings is 2. The highest BCUT2D eigenvalue weighted by Crippen LogP contribution is 2.20. The highest BCUT2D eigenvalue weighted by molar-refractivity contribution is 6.30. The number of hydrogen-bond donors (Lipinski definition) is 1. The van der Waals surface area contributed by atoms with Gasteiger partial charge in [-0.3, -0.25) is 9.59 Å². The van der Waals surface area contributed by atoms with E-state index in [-0.39, 0.29) is 23.2 Å². The summed E-state index contributed by atoms with van der Waals surface area (Å²) in [6.07, 6.45) is 0.407. The van der Waals surface area contributed by atoms with Crippen LogP contribution in [0.1, 0.15) is 12.5 Å². The van der Waals surface area contributed by atoms with E-state index in [9.17, 15) is 14.0 Å². The molecule has 0 unspecified atom stereocenters. The van der Waals surface area contributed by atoms with Gasteiger partial charge in [-0.05, 0) is 31.0 Å². The van der Waals surface area contributed by atoms with Crippen molar-refractivity contribution in [2.45, 2.75) is 19.4 Å². The quantitative estimate of drug-likeness (QED) is 0.835. The molecule has 0 aromatic heterocycles. The Morgan fingerprint density at radius 3 is 2.54 bits per heavy atom. The summed E-state index contributed by atoms with van der Waals surface area (Å²) in [6, 6.07) is 12.6. The van der Waals surface area contributed by atoms with Gasteiger partial charge in [-0.25, -0.2) is 4.39 Å². The van der Waals surface area contributed by atoms with E-state index in [1.54, 1.807) is 0 Å². The molecule has 1 N–H and O–H groups in total. The summed E-state index contributed by atoms with van der Waals surface area (Å²) in [4.78, 5) is 23.7. The monoisotopic (exact) mass is 349 g/mol. The van der Waals surface area contributed by atoms with Gasteiger partial charge in [-0.1, -0.05) is 41.9 Å². The summed E-state index contributed by atoms with van der Waals surface area (Å²) in [5.41, 5.74) is 0.948. The van der Waals surface area contributed by atoms with Crippen molar-refractivity contribution in [3.8, 4) is 5.75 Å². The lowest BCUT2D eigenvalue weighted by atomic mass is 10.0. The molecule has 2 rings (SSSR count). The number of ether oxygens (including phenoxy) is 1. The maximum absolute atomic E-state index is 13.1.